The molecule has 128 valence electrons. The Morgan fingerprint density at radius 2 is 1.91 bits per heavy atom. The Labute approximate surface area is 137 Å². The Balaban J connectivity index is 1.97. The summed E-state index contributed by atoms with van der Waals surface area (Å²) in [7, 11) is -3.22. The van der Waals surface area contributed by atoms with Gasteiger partial charge in [0.15, 0.2) is 0 Å². The zero-order valence-corrected chi connectivity index (χ0v) is 14.4. The van der Waals surface area contributed by atoms with Crippen LogP contribution in [-0.4, -0.2) is 32.2 Å². The fourth-order valence-electron chi connectivity index (χ4n) is 2.44. The van der Waals surface area contributed by atoms with Gasteiger partial charge in [-0.3, -0.25) is 4.79 Å². The van der Waals surface area contributed by atoms with E-state index < -0.39 is 10.0 Å². The van der Waals surface area contributed by atoms with Crippen molar-refractivity contribution in [3.63, 3.8) is 0 Å². The maximum absolute atomic E-state index is 12.3. The van der Waals surface area contributed by atoms with Gasteiger partial charge in [0.25, 0.3) is 5.91 Å². The Bertz CT molecular complexity index is 654. The molecule has 2 rings (SSSR count). The summed E-state index contributed by atoms with van der Waals surface area (Å²) in [4.78, 5) is 12.3. The van der Waals surface area contributed by atoms with Crippen LogP contribution < -0.4 is 15.8 Å². The molecule has 1 amide bonds. The van der Waals surface area contributed by atoms with Crippen LogP contribution in [0.15, 0.2) is 24.3 Å². The van der Waals surface area contributed by atoms with E-state index >= 15 is 0 Å². The van der Waals surface area contributed by atoms with E-state index in [2.05, 4.69) is 10.0 Å². The minimum Gasteiger partial charge on any atom is -0.345 e. The van der Waals surface area contributed by atoms with E-state index in [0.717, 1.165) is 18.4 Å². The summed E-state index contributed by atoms with van der Waals surface area (Å²) in [5.74, 6) is 0.358. The Kier molecular flexibility index (Phi) is 5.44. The SMILES string of the molecule is CCS(=O)(=O)NCc1ccc(C(=O)NC(C)(CN)C2CC2)cc1. The van der Waals surface area contributed by atoms with Gasteiger partial charge in [-0.05, 0) is 50.3 Å². The third-order valence-corrected chi connectivity index (χ3v) is 5.74. The number of hydrogen-bond donors (Lipinski definition) is 3. The molecule has 0 saturated heterocycles. The number of amides is 1. The number of nitrogens with two attached hydrogens (primary N) is 1. The normalized spacial score (nSPS) is 17.5. The van der Waals surface area contributed by atoms with Crippen LogP contribution in [0, 0.1) is 5.92 Å². The average Bonchev–Trinajstić information content (AvgIpc) is 3.38. The number of benzene rings is 1. The average molecular weight is 339 g/mol. The second kappa shape index (κ2) is 6.98. The lowest BCUT2D eigenvalue weighted by molar-refractivity contribution is 0.0898. The van der Waals surface area contributed by atoms with E-state index in [1.807, 2.05) is 6.92 Å². The summed E-state index contributed by atoms with van der Waals surface area (Å²) in [6.07, 6.45) is 2.20. The molecule has 1 unspecified atom stereocenters. The summed E-state index contributed by atoms with van der Waals surface area (Å²) < 4.78 is 25.3. The summed E-state index contributed by atoms with van der Waals surface area (Å²) >= 11 is 0. The van der Waals surface area contributed by atoms with Crippen LogP contribution in [0.5, 0.6) is 0 Å². The van der Waals surface area contributed by atoms with Crippen LogP contribution in [-0.2, 0) is 16.6 Å². The largest absolute Gasteiger partial charge is 0.345 e. The zero-order chi connectivity index (χ0) is 17.1. The van der Waals surface area contributed by atoms with E-state index in [0.29, 0.717) is 18.0 Å². The van der Waals surface area contributed by atoms with Crippen molar-refractivity contribution in [3.8, 4) is 0 Å². The van der Waals surface area contributed by atoms with Gasteiger partial charge in [-0.25, -0.2) is 13.1 Å². The van der Waals surface area contributed by atoms with Gasteiger partial charge in [0.2, 0.25) is 10.0 Å². The van der Waals surface area contributed by atoms with Gasteiger partial charge in [-0.1, -0.05) is 12.1 Å². The number of carbonyl (C=O) groups is 1. The Morgan fingerprint density at radius 3 is 2.39 bits per heavy atom. The molecule has 4 N–H and O–H groups in total. The third kappa shape index (κ3) is 4.76. The molecule has 23 heavy (non-hydrogen) atoms. The number of sulfonamides is 1. The molecule has 1 atom stereocenters. The third-order valence-electron chi connectivity index (χ3n) is 4.39. The number of nitrogens with one attached hydrogen (secondary N) is 2. The van der Waals surface area contributed by atoms with Crippen molar-refractivity contribution in [1.29, 1.82) is 0 Å². The Hall–Kier alpha value is -1.44. The van der Waals surface area contributed by atoms with Crippen molar-refractivity contribution in [3.05, 3.63) is 35.4 Å². The van der Waals surface area contributed by atoms with E-state index in [4.69, 9.17) is 5.73 Å². The monoisotopic (exact) mass is 339 g/mol. The van der Waals surface area contributed by atoms with Crippen LogP contribution in [0.1, 0.15) is 42.6 Å². The number of hydrogen-bond acceptors (Lipinski definition) is 4. The maximum Gasteiger partial charge on any atom is 0.251 e. The van der Waals surface area contributed by atoms with Crippen molar-refractivity contribution in [2.45, 2.75) is 38.8 Å². The van der Waals surface area contributed by atoms with Gasteiger partial charge in [0.1, 0.15) is 0 Å². The predicted molar refractivity (Wildman–Crippen MR) is 90.4 cm³/mol. The lowest BCUT2D eigenvalue weighted by Crippen LogP contribution is -2.53. The molecule has 1 aliphatic rings. The minimum absolute atomic E-state index is 0.0479. The molecule has 1 saturated carbocycles. The molecule has 7 heteroatoms. The molecule has 1 fully saturated rings. The van der Waals surface area contributed by atoms with Gasteiger partial charge in [-0.15, -0.1) is 0 Å². The van der Waals surface area contributed by atoms with Crippen molar-refractivity contribution in [1.82, 2.24) is 10.0 Å². The van der Waals surface area contributed by atoms with Gasteiger partial charge in [0.05, 0.1) is 11.3 Å². The maximum atomic E-state index is 12.3. The lowest BCUT2D eigenvalue weighted by atomic mass is 9.95. The molecule has 6 nitrogen and oxygen atoms in total. The first-order chi connectivity index (χ1) is 10.8. The van der Waals surface area contributed by atoms with Gasteiger partial charge < -0.3 is 11.1 Å². The van der Waals surface area contributed by atoms with Crippen LogP contribution in [0.25, 0.3) is 0 Å². The smallest absolute Gasteiger partial charge is 0.251 e. The van der Waals surface area contributed by atoms with Crippen molar-refractivity contribution < 1.29 is 13.2 Å². The summed E-state index contributed by atoms with van der Waals surface area (Å²) in [6, 6.07) is 6.91. The van der Waals surface area contributed by atoms with E-state index in [1.165, 1.54) is 0 Å². The van der Waals surface area contributed by atoms with Crippen LogP contribution in [0.4, 0.5) is 0 Å². The highest BCUT2D eigenvalue weighted by Gasteiger charge is 2.41. The quantitative estimate of drug-likeness (QED) is 0.657. The second-order valence-corrected chi connectivity index (χ2v) is 8.37. The molecule has 1 aromatic rings. The molecule has 0 spiro atoms. The second-order valence-electron chi connectivity index (χ2n) is 6.27. The topological polar surface area (TPSA) is 101 Å². The molecule has 1 aliphatic carbocycles. The van der Waals surface area contributed by atoms with Crippen molar-refractivity contribution in [2.75, 3.05) is 12.3 Å². The van der Waals surface area contributed by atoms with Crippen LogP contribution in [0.2, 0.25) is 0 Å². The summed E-state index contributed by atoms with van der Waals surface area (Å²) in [5.41, 5.74) is 6.81. The molecular weight excluding hydrogens is 314 g/mol. The van der Waals surface area contributed by atoms with Gasteiger partial charge in [0, 0.05) is 18.7 Å². The molecule has 0 radical (unpaired) electrons. The van der Waals surface area contributed by atoms with E-state index in [-0.39, 0.29) is 23.7 Å². The van der Waals surface area contributed by atoms with Gasteiger partial charge in [-0.2, -0.15) is 0 Å². The fraction of sp³-hybridized carbons (Fsp3) is 0.562. The van der Waals surface area contributed by atoms with Crippen LogP contribution >= 0.6 is 0 Å². The fourth-order valence-corrected chi connectivity index (χ4v) is 3.03. The molecule has 1 aromatic carbocycles. The highest BCUT2D eigenvalue weighted by molar-refractivity contribution is 7.89. The molecule has 0 aliphatic heterocycles. The predicted octanol–water partition coefficient (Wildman–Crippen LogP) is 0.983. The molecule has 0 heterocycles. The summed E-state index contributed by atoms with van der Waals surface area (Å²) in [6.45, 7) is 4.21. The molecular formula is C16H25N3O3S. The highest BCUT2D eigenvalue weighted by Crippen LogP contribution is 2.39. The first-order valence-corrected chi connectivity index (χ1v) is 9.54. The van der Waals surface area contributed by atoms with Crippen LogP contribution in [0.3, 0.4) is 0 Å². The molecule has 0 bridgehead atoms. The number of carbonyl (C=O) groups excluding carboxylic acids is 1. The van der Waals surface area contributed by atoms with E-state index in [1.54, 1.807) is 31.2 Å². The minimum atomic E-state index is -3.22. The van der Waals surface area contributed by atoms with Crippen molar-refractivity contribution in [2.24, 2.45) is 11.7 Å². The highest BCUT2D eigenvalue weighted by atomic mass is 32.2. The standard InChI is InChI=1S/C16H25N3O3S/c1-3-23(21,22)18-10-12-4-6-13(7-5-12)15(20)19-16(2,11-17)14-8-9-14/h4-7,14,18H,3,8-11,17H2,1-2H3,(H,19,20). The zero-order valence-electron chi connectivity index (χ0n) is 13.6. The lowest BCUT2D eigenvalue weighted by Gasteiger charge is -2.29. The summed E-state index contributed by atoms with van der Waals surface area (Å²) in [5, 5.41) is 3.03. The first-order valence-electron chi connectivity index (χ1n) is 7.88. The van der Waals surface area contributed by atoms with E-state index in [9.17, 15) is 13.2 Å². The number of rotatable bonds is 8. The van der Waals surface area contributed by atoms with Gasteiger partial charge >= 0.3 is 0 Å². The van der Waals surface area contributed by atoms with Crippen molar-refractivity contribution >= 4 is 15.9 Å². The Morgan fingerprint density at radius 1 is 1.30 bits per heavy atom. The molecule has 0 aromatic heterocycles. The first kappa shape index (κ1) is 17.9.